The Balaban J connectivity index is 0. The van der Waals surface area contributed by atoms with Crippen molar-refractivity contribution < 1.29 is 18.4 Å². The number of hydrazine groups is 1. The second kappa shape index (κ2) is 27.4. The number of aryl methyl sites for hydroxylation is 1. The molecule has 0 radical (unpaired) electrons. The van der Waals surface area contributed by atoms with Gasteiger partial charge in [-0.1, -0.05) is 159 Å². The largest absolute Gasteiger partial charge is 0.453 e. The molecule has 0 amide bonds. The lowest BCUT2D eigenvalue weighted by Crippen LogP contribution is -2.47. The van der Waals surface area contributed by atoms with Crippen LogP contribution >= 0.6 is 11.6 Å². The van der Waals surface area contributed by atoms with Gasteiger partial charge in [-0.15, -0.1) is 0 Å². The summed E-state index contributed by atoms with van der Waals surface area (Å²) in [5, 5.41) is 3.76. The molecule has 2 aromatic rings. The SMILES string of the molecule is C=C(/C=C(\c1oc(C(=O)C(C)C)cc1C)C(C)(C)C)c1ccc(Cl)c(F)c1.CC.CC(=O)CC1(/C(=N/N)NN)CCCCC1.CCCC.CCCCC(C)(C)C. The lowest BCUT2D eigenvalue weighted by Gasteiger charge is -2.36. The Bertz CT molecular complexity index is 1520. The highest BCUT2D eigenvalue weighted by Crippen LogP contribution is 2.41. The molecular formula is C47H80ClFN4O3. The second-order valence-corrected chi connectivity index (χ2v) is 17.5. The van der Waals surface area contributed by atoms with Crippen LogP contribution in [0.2, 0.25) is 5.02 Å². The van der Waals surface area contributed by atoms with Gasteiger partial charge in [0.05, 0.1) is 5.02 Å². The van der Waals surface area contributed by atoms with Crippen LogP contribution in [-0.4, -0.2) is 17.4 Å². The normalized spacial score (nSPS) is 14.1. The topological polar surface area (TPSA) is 124 Å². The van der Waals surface area contributed by atoms with Crippen molar-refractivity contribution in [1.82, 2.24) is 5.43 Å². The van der Waals surface area contributed by atoms with Gasteiger partial charge < -0.3 is 15.7 Å². The van der Waals surface area contributed by atoms with Crippen LogP contribution in [0.15, 0.2) is 46.4 Å². The number of rotatable bonds is 11. The van der Waals surface area contributed by atoms with Crippen molar-refractivity contribution in [2.45, 2.75) is 174 Å². The number of carbonyl (C=O) groups excluding carboxylic acids is 2. The molecule has 3 rings (SSSR count). The molecule has 0 atom stereocenters. The molecule has 1 fully saturated rings. The Kier molecular flexibility index (Phi) is 26.9. The van der Waals surface area contributed by atoms with Crippen molar-refractivity contribution in [3.05, 3.63) is 70.4 Å². The van der Waals surface area contributed by atoms with E-state index in [1.807, 2.05) is 40.7 Å². The number of nitrogens with one attached hydrogen (secondary N) is 1. The molecule has 1 heterocycles. The number of hydrogen-bond donors (Lipinski definition) is 3. The van der Waals surface area contributed by atoms with Crippen molar-refractivity contribution >= 4 is 40.1 Å². The van der Waals surface area contributed by atoms with E-state index in [2.05, 4.69) is 79.4 Å². The predicted molar refractivity (Wildman–Crippen MR) is 241 cm³/mol. The zero-order valence-corrected chi connectivity index (χ0v) is 38.8. The lowest BCUT2D eigenvalue weighted by molar-refractivity contribution is -0.118. The molecule has 320 valence electrons. The predicted octanol–water partition coefficient (Wildman–Crippen LogP) is 14.1. The summed E-state index contributed by atoms with van der Waals surface area (Å²) in [5.74, 6) is 11.8. The summed E-state index contributed by atoms with van der Waals surface area (Å²) in [6, 6.07) is 6.39. The maximum atomic E-state index is 13.8. The van der Waals surface area contributed by atoms with Gasteiger partial charge in [0, 0.05) is 23.3 Å². The molecule has 7 nitrogen and oxygen atoms in total. The van der Waals surface area contributed by atoms with Crippen molar-refractivity contribution in [3.8, 4) is 0 Å². The third kappa shape index (κ3) is 20.3. The summed E-state index contributed by atoms with van der Waals surface area (Å²) in [6.45, 7) is 34.9. The van der Waals surface area contributed by atoms with Crippen LogP contribution in [0.1, 0.15) is 195 Å². The monoisotopic (exact) mass is 803 g/mol. The first-order valence-electron chi connectivity index (χ1n) is 20.8. The Morgan fingerprint density at radius 3 is 1.95 bits per heavy atom. The van der Waals surface area contributed by atoms with E-state index in [1.54, 1.807) is 19.1 Å². The molecule has 0 bridgehead atoms. The minimum atomic E-state index is -0.486. The number of hydrazone groups is 1. The highest BCUT2D eigenvalue weighted by atomic mass is 35.5. The fourth-order valence-corrected chi connectivity index (χ4v) is 6.09. The molecule has 0 saturated heterocycles. The molecule has 1 aliphatic carbocycles. The van der Waals surface area contributed by atoms with Gasteiger partial charge in [-0.2, -0.15) is 5.10 Å². The second-order valence-electron chi connectivity index (χ2n) is 17.1. The fraction of sp³-hybridized carbons (Fsp3) is 0.638. The zero-order valence-electron chi connectivity index (χ0n) is 38.0. The van der Waals surface area contributed by atoms with Gasteiger partial charge in [-0.25, -0.2) is 10.2 Å². The molecule has 0 aliphatic heterocycles. The van der Waals surface area contributed by atoms with Crippen LogP contribution in [0.25, 0.3) is 11.1 Å². The maximum Gasteiger partial charge on any atom is 0.200 e. The van der Waals surface area contributed by atoms with Crippen LogP contribution in [0.5, 0.6) is 0 Å². The van der Waals surface area contributed by atoms with Crippen LogP contribution < -0.4 is 17.1 Å². The molecule has 1 aromatic heterocycles. The Morgan fingerprint density at radius 2 is 1.57 bits per heavy atom. The van der Waals surface area contributed by atoms with Gasteiger partial charge in [0.25, 0.3) is 0 Å². The van der Waals surface area contributed by atoms with Gasteiger partial charge in [0.2, 0.25) is 5.78 Å². The first kappa shape index (κ1) is 54.9. The molecule has 9 heteroatoms. The first-order chi connectivity index (χ1) is 26.0. The number of halogens is 2. The van der Waals surface area contributed by atoms with E-state index in [0.29, 0.717) is 40.3 Å². The van der Waals surface area contributed by atoms with Crippen LogP contribution in [0, 0.1) is 34.9 Å². The fourth-order valence-electron chi connectivity index (χ4n) is 5.97. The zero-order chi connectivity index (χ0) is 43.9. The molecule has 1 aliphatic rings. The van der Waals surface area contributed by atoms with Gasteiger partial charge in [0.15, 0.2) is 5.76 Å². The average Bonchev–Trinajstić information content (AvgIpc) is 3.52. The maximum absolute atomic E-state index is 13.8. The molecule has 1 aromatic carbocycles. The molecule has 0 unspecified atom stereocenters. The molecule has 5 N–H and O–H groups in total. The van der Waals surface area contributed by atoms with Crippen molar-refractivity contribution in [2.75, 3.05) is 0 Å². The number of Topliss-reactive ketones (excluding diaryl/α,β-unsaturated/α-hetero) is 2. The minimum Gasteiger partial charge on any atom is -0.453 e. The summed E-state index contributed by atoms with van der Waals surface area (Å²) in [6.07, 6.45) is 14.4. The number of unbranched alkanes of at least 4 members (excludes halogenated alkanes) is 2. The van der Waals surface area contributed by atoms with Crippen LogP contribution in [0.4, 0.5) is 4.39 Å². The average molecular weight is 804 g/mol. The van der Waals surface area contributed by atoms with E-state index in [1.165, 1.54) is 50.7 Å². The minimum absolute atomic E-state index is 0.0313. The highest BCUT2D eigenvalue weighted by Gasteiger charge is 2.38. The summed E-state index contributed by atoms with van der Waals surface area (Å²) in [7, 11) is 0. The number of amidine groups is 1. The summed E-state index contributed by atoms with van der Waals surface area (Å²) in [5.41, 5.74) is 5.64. The highest BCUT2D eigenvalue weighted by molar-refractivity contribution is 6.30. The van der Waals surface area contributed by atoms with E-state index < -0.39 is 5.82 Å². The summed E-state index contributed by atoms with van der Waals surface area (Å²) in [4.78, 5) is 23.6. The quantitative estimate of drug-likeness (QED) is 0.0519. The van der Waals surface area contributed by atoms with Crippen molar-refractivity contribution in [1.29, 1.82) is 0 Å². The Labute approximate surface area is 346 Å². The van der Waals surface area contributed by atoms with E-state index in [9.17, 15) is 14.0 Å². The molecule has 0 spiro atoms. The number of allylic oxidation sites excluding steroid dienone is 3. The molecular weight excluding hydrogens is 723 g/mol. The van der Waals surface area contributed by atoms with E-state index >= 15 is 0 Å². The van der Waals surface area contributed by atoms with Crippen LogP contribution in [0.3, 0.4) is 0 Å². The standard InChI is InChI=1S/C23H26ClFO2.C10H20N4O.C8H18.C4H10.C2H6/c1-13(2)21(26)20-11-15(4)22(27-20)17(23(5,6)7)10-14(3)16-8-9-18(24)19(25)12-16;1-8(15)7-10(9(13-11)14-12)5-3-2-4-6-10;1-5-6-7-8(2,3)4;1-3-4-2;1-2/h8-13H,3H2,1-2,4-7H3;2-7,11-12H2,1H3,(H,13,14);5-7H2,1-4H3;3-4H2,1-2H3;1-2H3/b17-10+;;;;. The lowest BCUT2D eigenvalue weighted by atomic mass is 9.70. The number of furan rings is 1. The van der Waals surface area contributed by atoms with E-state index in [0.717, 1.165) is 36.8 Å². The number of nitrogens with two attached hydrogens (primary N) is 2. The first-order valence-corrected chi connectivity index (χ1v) is 21.2. The summed E-state index contributed by atoms with van der Waals surface area (Å²) >= 11 is 5.77. The Hall–Kier alpha value is -3.23. The molecule has 56 heavy (non-hydrogen) atoms. The number of benzene rings is 1. The van der Waals surface area contributed by atoms with Gasteiger partial charge in [-0.05, 0) is 84.9 Å². The van der Waals surface area contributed by atoms with E-state index in [4.69, 9.17) is 27.7 Å². The third-order valence-corrected chi connectivity index (χ3v) is 9.60. The van der Waals surface area contributed by atoms with Crippen LogP contribution in [-0.2, 0) is 4.79 Å². The number of nitrogens with zero attached hydrogens (tertiary/aromatic N) is 1. The smallest absolute Gasteiger partial charge is 0.200 e. The molecule has 1 saturated carbocycles. The number of carbonyl (C=O) groups is 2. The van der Waals surface area contributed by atoms with Gasteiger partial charge >= 0.3 is 0 Å². The van der Waals surface area contributed by atoms with E-state index in [-0.39, 0.29) is 33.3 Å². The third-order valence-electron chi connectivity index (χ3n) is 9.29. The number of hydrogen-bond acceptors (Lipinski definition) is 6. The van der Waals surface area contributed by atoms with Crippen molar-refractivity contribution in [2.24, 2.45) is 38.9 Å². The van der Waals surface area contributed by atoms with Gasteiger partial charge in [0.1, 0.15) is 23.2 Å². The Morgan fingerprint density at radius 1 is 1.02 bits per heavy atom. The van der Waals surface area contributed by atoms with Crippen molar-refractivity contribution in [3.63, 3.8) is 0 Å². The number of ketones is 2. The van der Waals surface area contributed by atoms with Gasteiger partial charge in [-0.3, -0.25) is 9.59 Å². The summed E-state index contributed by atoms with van der Waals surface area (Å²) < 4.78 is 19.8.